The molecule has 4 aromatic rings. The zero-order valence-corrected chi connectivity index (χ0v) is 29.6. The summed E-state index contributed by atoms with van der Waals surface area (Å²) in [5.74, 6) is 0.629. The number of methoxy groups -OCH3 is 3. The standard InChI is InChI=1S/C27H26IN3O11S4/c1-40-21-6-14-25(15-7-21)44(34,35)30(29-43(32,33)24-12-4-20(28)5-13-24)31(45(36,37)26-16-8-22(41-2)9-17-26)46(38,39)27-18-10-23(42-3)11-19-27/h4-19,29H,1-3H3/p+1. The molecule has 4 rings (SSSR count). The van der Waals surface area contributed by atoms with Gasteiger partial charge in [0.2, 0.25) is 0 Å². The molecule has 0 saturated heterocycles. The Morgan fingerprint density at radius 3 is 1.20 bits per heavy atom. The molecule has 0 radical (unpaired) electrons. The minimum atomic E-state index is -5.42. The first-order valence-electron chi connectivity index (χ1n) is 12.7. The van der Waals surface area contributed by atoms with Gasteiger partial charge in [-0.3, -0.25) is 0 Å². The largest absolute Gasteiger partial charge is 0.497 e. The third kappa shape index (κ3) is 7.30. The zero-order valence-electron chi connectivity index (χ0n) is 24.2. The van der Waals surface area contributed by atoms with Crippen molar-refractivity contribution in [2.45, 2.75) is 19.6 Å². The third-order valence-electron chi connectivity index (χ3n) is 6.29. The summed E-state index contributed by atoms with van der Waals surface area (Å²) in [5.41, 5.74) is 0. The van der Waals surface area contributed by atoms with Crippen LogP contribution in [0.1, 0.15) is 0 Å². The van der Waals surface area contributed by atoms with Gasteiger partial charge in [-0.1, -0.05) is 0 Å². The molecule has 0 heterocycles. The van der Waals surface area contributed by atoms with E-state index in [4.69, 9.17) is 14.2 Å². The Kier molecular flexibility index (Phi) is 10.7. The van der Waals surface area contributed by atoms with Gasteiger partial charge in [0.15, 0.2) is 0 Å². The molecule has 0 bridgehead atoms. The highest BCUT2D eigenvalue weighted by Crippen LogP contribution is 2.26. The maximum atomic E-state index is 14.3. The van der Waals surface area contributed by atoms with Crippen molar-refractivity contribution >= 4 is 62.7 Å². The number of quaternary nitrogens is 1. The molecule has 0 spiro atoms. The molecule has 246 valence electrons. The lowest BCUT2D eigenvalue weighted by atomic mass is 10.3. The lowest BCUT2D eigenvalue weighted by molar-refractivity contribution is -0.886. The second-order valence-electron chi connectivity index (χ2n) is 9.10. The molecule has 0 fully saturated rings. The van der Waals surface area contributed by atoms with Crippen LogP contribution in [0.3, 0.4) is 0 Å². The number of sulfonamides is 4. The summed E-state index contributed by atoms with van der Waals surface area (Å²) in [6, 6.07) is 18.3. The van der Waals surface area contributed by atoms with E-state index in [9.17, 15) is 33.7 Å². The number of ether oxygens (including phenoxy) is 3. The van der Waals surface area contributed by atoms with E-state index in [1.807, 2.05) is 22.6 Å². The van der Waals surface area contributed by atoms with Crippen LogP contribution in [-0.2, 0) is 40.1 Å². The molecule has 0 aromatic heterocycles. The molecule has 1 atom stereocenters. The SMILES string of the molecule is COc1ccc(S(=O)(=O)N([NH+](NS(=O)(=O)c2ccc(I)cc2)S(=O)(=O)c2ccc(OC)cc2)S(=O)(=O)c2ccc(OC)cc2)cc1. The lowest BCUT2D eigenvalue weighted by Crippen LogP contribution is -3.26. The Hall–Kier alpha value is -3.31. The van der Waals surface area contributed by atoms with Crippen LogP contribution >= 0.6 is 22.6 Å². The Morgan fingerprint density at radius 2 is 0.848 bits per heavy atom. The maximum Gasteiger partial charge on any atom is 0.364 e. The van der Waals surface area contributed by atoms with E-state index < -0.39 is 68.0 Å². The number of hydrogen-bond acceptors (Lipinski definition) is 11. The highest BCUT2D eigenvalue weighted by atomic mass is 127. The summed E-state index contributed by atoms with van der Waals surface area (Å²) in [6.45, 7) is 0. The number of nitrogens with zero attached hydrogens (tertiary/aromatic N) is 1. The number of benzene rings is 4. The first-order chi connectivity index (χ1) is 21.6. The van der Waals surface area contributed by atoms with Crippen molar-refractivity contribution in [3.8, 4) is 17.2 Å². The predicted octanol–water partition coefficient (Wildman–Crippen LogP) is 1.78. The van der Waals surface area contributed by atoms with E-state index in [1.54, 1.807) is 4.83 Å². The van der Waals surface area contributed by atoms with Gasteiger partial charge in [-0.25, -0.2) is 25.3 Å². The Bertz CT molecular complexity index is 2050. The molecular weight excluding hydrogens is 797 g/mol. The highest BCUT2D eigenvalue weighted by molar-refractivity contribution is 14.1. The van der Waals surface area contributed by atoms with Crippen LogP contribution in [0.4, 0.5) is 0 Å². The smallest absolute Gasteiger partial charge is 0.364 e. The summed E-state index contributed by atoms with van der Waals surface area (Å²) in [7, 11) is -17.1. The maximum absolute atomic E-state index is 14.3. The second kappa shape index (κ2) is 13.8. The molecule has 0 aliphatic heterocycles. The Morgan fingerprint density at radius 1 is 0.522 bits per heavy atom. The average molecular weight is 825 g/mol. The van der Waals surface area contributed by atoms with Gasteiger partial charge in [0.05, 0.1) is 36.0 Å². The fourth-order valence-corrected chi connectivity index (χ4v) is 11.6. The lowest BCUT2D eigenvalue weighted by Gasteiger charge is -2.27. The Balaban J connectivity index is 2.05. The van der Waals surface area contributed by atoms with Crippen LogP contribution in [0.2, 0.25) is 0 Å². The molecule has 46 heavy (non-hydrogen) atoms. The fraction of sp³-hybridized carbons (Fsp3) is 0.111. The van der Waals surface area contributed by atoms with Gasteiger partial charge < -0.3 is 14.2 Å². The zero-order chi connectivity index (χ0) is 33.9. The van der Waals surface area contributed by atoms with Crippen LogP contribution < -0.4 is 23.6 Å². The summed E-state index contributed by atoms with van der Waals surface area (Å²) in [5, 5.41) is 0. The van der Waals surface area contributed by atoms with E-state index in [1.165, 1.54) is 69.9 Å². The van der Waals surface area contributed by atoms with Crippen LogP contribution in [0, 0.1) is 3.57 Å². The molecule has 0 aliphatic rings. The van der Waals surface area contributed by atoms with Crippen molar-refractivity contribution in [1.82, 2.24) is 8.65 Å². The first-order valence-corrected chi connectivity index (χ1v) is 19.6. The van der Waals surface area contributed by atoms with E-state index in [-0.39, 0.29) is 17.2 Å². The fourth-order valence-electron chi connectivity index (χ4n) is 3.88. The monoisotopic (exact) mass is 824 g/mol. The van der Waals surface area contributed by atoms with Crippen molar-refractivity contribution in [3.05, 3.63) is 101 Å². The molecule has 0 aliphatic carbocycles. The number of nitrogens with one attached hydrogen (secondary N) is 2. The van der Waals surface area contributed by atoms with Crippen molar-refractivity contribution in [2.24, 2.45) is 0 Å². The predicted molar refractivity (Wildman–Crippen MR) is 173 cm³/mol. The van der Waals surface area contributed by atoms with E-state index >= 15 is 0 Å². The average Bonchev–Trinajstić information content (AvgIpc) is 3.04. The molecule has 2 N–H and O–H groups in total. The third-order valence-corrected chi connectivity index (χ3v) is 14.6. The Labute approximate surface area is 280 Å². The van der Waals surface area contributed by atoms with Crippen LogP contribution in [0.15, 0.2) is 117 Å². The normalized spacial score (nSPS) is 13.2. The van der Waals surface area contributed by atoms with Gasteiger partial charge >= 0.3 is 30.1 Å². The van der Waals surface area contributed by atoms with Gasteiger partial charge in [0.1, 0.15) is 26.0 Å². The van der Waals surface area contributed by atoms with Crippen LogP contribution in [0.5, 0.6) is 17.2 Å². The van der Waals surface area contributed by atoms with Gasteiger partial charge in [-0.05, 0) is 129 Å². The minimum Gasteiger partial charge on any atom is -0.497 e. The molecule has 1 unspecified atom stereocenters. The summed E-state index contributed by atoms with van der Waals surface area (Å²) >= 11 is 1.92. The molecular formula is C27H27IN3O11S4+. The van der Waals surface area contributed by atoms with Gasteiger partial charge in [0.25, 0.3) is 10.0 Å². The molecule has 0 amide bonds. The van der Waals surface area contributed by atoms with Crippen LogP contribution in [-0.4, -0.2) is 58.8 Å². The molecule has 19 heteroatoms. The topological polar surface area (TPSA) is 184 Å². The summed E-state index contributed by atoms with van der Waals surface area (Å²) in [4.78, 5) is -0.726. The first kappa shape index (κ1) is 35.5. The van der Waals surface area contributed by atoms with Crippen molar-refractivity contribution in [2.75, 3.05) is 21.3 Å². The molecule has 14 nitrogen and oxygen atoms in total. The van der Waals surface area contributed by atoms with E-state index in [2.05, 4.69) is 0 Å². The van der Waals surface area contributed by atoms with Crippen molar-refractivity contribution in [3.63, 3.8) is 0 Å². The number of hydrogen-bond donors (Lipinski definition) is 2. The highest BCUT2D eigenvalue weighted by Gasteiger charge is 2.53. The number of rotatable bonds is 13. The van der Waals surface area contributed by atoms with Gasteiger partial charge in [-0.2, -0.15) is 8.42 Å². The minimum absolute atomic E-state index is 0.206. The van der Waals surface area contributed by atoms with Crippen LogP contribution in [0.25, 0.3) is 0 Å². The molecule has 0 saturated carbocycles. The second-order valence-corrected chi connectivity index (χ2v) is 17.7. The molecule has 4 aromatic carbocycles. The van der Waals surface area contributed by atoms with Gasteiger partial charge in [-0.15, -0.1) is 0 Å². The van der Waals surface area contributed by atoms with E-state index in [0.29, 0.717) is 3.57 Å². The van der Waals surface area contributed by atoms with Crippen molar-refractivity contribution in [1.29, 1.82) is 0 Å². The van der Waals surface area contributed by atoms with E-state index in [0.717, 1.165) is 48.5 Å². The van der Waals surface area contributed by atoms with Gasteiger partial charge in [0, 0.05) is 3.57 Å². The number of halogens is 1. The summed E-state index contributed by atoms with van der Waals surface area (Å²) < 4.78 is 127. The quantitative estimate of drug-likeness (QED) is 0.148. The summed E-state index contributed by atoms with van der Waals surface area (Å²) in [6.07, 6.45) is 0. The van der Waals surface area contributed by atoms with Crippen molar-refractivity contribution < 1.29 is 52.4 Å².